The van der Waals surface area contributed by atoms with E-state index in [0.29, 0.717) is 47.7 Å². The lowest BCUT2D eigenvalue weighted by atomic mass is 9.75. The number of nitrogens with one attached hydrogen (secondary N) is 2. The molecule has 1 aliphatic rings. The van der Waals surface area contributed by atoms with Gasteiger partial charge in [0.25, 0.3) is 0 Å². The quantitative estimate of drug-likeness (QED) is 0.460. The number of hydrogen-bond acceptors (Lipinski definition) is 6. The molecule has 1 fully saturated rings. The van der Waals surface area contributed by atoms with Crippen molar-refractivity contribution in [1.29, 1.82) is 0 Å². The second-order valence-electron chi connectivity index (χ2n) is 8.01. The van der Waals surface area contributed by atoms with Crippen LogP contribution in [0.2, 0.25) is 0 Å². The minimum atomic E-state index is -1.48. The Bertz CT molecular complexity index is 1170. The summed E-state index contributed by atoms with van der Waals surface area (Å²) < 4.78 is 33.6. The highest BCUT2D eigenvalue weighted by atomic mass is 79.9. The topological polar surface area (TPSA) is 100 Å². The number of aromatic nitrogens is 2. The molecule has 174 valence electrons. The van der Waals surface area contributed by atoms with E-state index in [-0.39, 0.29) is 17.9 Å². The summed E-state index contributed by atoms with van der Waals surface area (Å²) in [5.74, 6) is -2.31. The Morgan fingerprint density at radius 2 is 2.18 bits per heavy atom. The molecule has 0 saturated carbocycles. The first-order valence-corrected chi connectivity index (χ1v) is 11.3. The van der Waals surface area contributed by atoms with Crippen LogP contribution in [0, 0.1) is 11.6 Å². The second kappa shape index (κ2) is 9.66. The molecule has 2 aromatic heterocycles. The molecule has 7 nitrogen and oxygen atoms in total. The van der Waals surface area contributed by atoms with Gasteiger partial charge in [0.15, 0.2) is 17.4 Å². The first kappa shape index (κ1) is 23.5. The molecule has 1 amide bonds. The minimum absolute atomic E-state index is 0.120. The van der Waals surface area contributed by atoms with Crippen molar-refractivity contribution in [2.24, 2.45) is 0 Å². The number of hydrogen-bond donors (Lipinski definition) is 3. The van der Waals surface area contributed by atoms with Crippen molar-refractivity contribution < 1.29 is 23.2 Å². The van der Waals surface area contributed by atoms with Gasteiger partial charge in [0.1, 0.15) is 17.0 Å². The number of pyridine rings is 1. The number of rotatable bonds is 6. The van der Waals surface area contributed by atoms with Crippen LogP contribution >= 0.6 is 15.9 Å². The predicted molar refractivity (Wildman–Crippen MR) is 120 cm³/mol. The number of benzene rings is 1. The number of piperidine rings is 1. The molecule has 0 radical (unpaired) electrons. The highest BCUT2D eigenvalue weighted by Crippen LogP contribution is 2.45. The maximum Gasteiger partial charge on any atom is 0.216 e. The van der Waals surface area contributed by atoms with Gasteiger partial charge in [0.05, 0.1) is 10.4 Å². The summed E-state index contributed by atoms with van der Waals surface area (Å²) in [4.78, 5) is 15.6. The summed E-state index contributed by atoms with van der Waals surface area (Å²) >= 11 is 3.56. The van der Waals surface area contributed by atoms with E-state index in [1.165, 1.54) is 13.0 Å². The molecular formula is C23H23BrF2N4O3. The molecule has 10 heteroatoms. The van der Waals surface area contributed by atoms with Crippen LogP contribution in [0.15, 0.2) is 45.5 Å². The van der Waals surface area contributed by atoms with Gasteiger partial charge in [-0.3, -0.25) is 9.78 Å². The Morgan fingerprint density at radius 3 is 2.94 bits per heavy atom. The lowest BCUT2D eigenvalue weighted by Gasteiger charge is -2.40. The van der Waals surface area contributed by atoms with E-state index in [1.807, 2.05) is 6.07 Å². The summed E-state index contributed by atoms with van der Waals surface area (Å²) in [5.41, 5.74) is 0.663. The fourth-order valence-corrected chi connectivity index (χ4v) is 4.78. The number of aliphatic hydroxyl groups is 1. The van der Waals surface area contributed by atoms with Crippen LogP contribution in [0.3, 0.4) is 0 Å². The Labute approximate surface area is 197 Å². The third-order valence-electron chi connectivity index (χ3n) is 5.89. The third-order valence-corrected chi connectivity index (χ3v) is 6.66. The van der Waals surface area contributed by atoms with E-state index in [9.17, 15) is 18.7 Å². The lowest BCUT2D eigenvalue weighted by molar-refractivity contribution is -0.118. The third kappa shape index (κ3) is 4.68. The van der Waals surface area contributed by atoms with Gasteiger partial charge in [0.2, 0.25) is 5.91 Å². The standard InChI is InChI=1S/C23H23BrF2N4O3/c1-13(31)28-9-6-14-3-2-8-29-20(14)22-19(24)21(30-33-22)16-12-27-10-7-23(16,32)15-4-5-17(25)18(26)11-15/h2-5,8,11,16,27,32H,6-7,9-10,12H2,1H3,(H,28,31)/t16-,23+/m1/s1. The van der Waals surface area contributed by atoms with Crippen LogP contribution in [0.1, 0.15) is 36.1 Å². The Morgan fingerprint density at radius 1 is 1.36 bits per heavy atom. The van der Waals surface area contributed by atoms with Gasteiger partial charge >= 0.3 is 0 Å². The van der Waals surface area contributed by atoms with Gasteiger partial charge in [-0.25, -0.2) is 8.78 Å². The Balaban J connectivity index is 1.70. The first-order chi connectivity index (χ1) is 15.8. The molecule has 1 aromatic carbocycles. The molecule has 0 unspecified atom stereocenters. The predicted octanol–water partition coefficient (Wildman–Crippen LogP) is 3.42. The number of nitrogens with zero attached hydrogens (tertiary/aromatic N) is 2. The van der Waals surface area contributed by atoms with Crippen molar-refractivity contribution in [3.63, 3.8) is 0 Å². The molecule has 1 aliphatic heterocycles. The normalized spacial score (nSPS) is 20.6. The Hall–Kier alpha value is -2.69. The van der Waals surface area contributed by atoms with Gasteiger partial charge in [-0.1, -0.05) is 17.3 Å². The van der Waals surface area contributed by atoms with E-state index in [4.69, 9.17) is 4.52 Å². The maximum atomic E-state index is 14.0. The fourth-order valence-electron chi connectivity index (χ4n) is 4.18. The molecule has 33 heavy (non-hydrogen) atoms. The van der Waals surface area contributed by atoms with Crippen LogP contribution in [-0.2, 0) is 16.8 Å². The smallest absolute Gasteiger partial charge is 0.216 e. The molecule has 0 aliphatic carbocycles. The van der Waals surface area contributed by atoms with Crippen molar-refractivity contribution in [3.05, 3.63) is 69.5 Å². The summed E-state index contributed by atoms with van der Waals surface area (Å²) in [7, 11) is 0. The molecular weight excluding hydrogens is 498 g/mol. The zero-order valence-electron chi connectivity index (χ0n) is 17.9. The van der Waals surface area contributed by atoms with E-state index in [2.05, 4.69) is 36.7 Å². The maximum absolute atomic E-state index is 14.0. The summed E-state index contributed by atoms with van der Waals surface area (Å²) in [6, 6.07) is 7.12. The number of amides is 1. The van der Waals surface area contributed by atoms with E-state index in [0.717, 1.165) is 17.7 Å². The lowest BCUT2D eigenvalue weighted by Crippen LogP contribution is -2.47. The van der Waals surface area contributed by atoms with Crippen molar-refractivity contribution in [2.75, 3.05) is 19.6 Å². The average Bonchev–Trinajstić information content (AvgIpc) is 3.17. The molecule has 4 rings (SSSR count). The van der Waals surface area contributed by atoms with Crippen LogP contribution in [-0.4, -0.2) is 40.8 Å². The monoisotopic (exact) mass is 520 g/mol. The number of halogens is 3. The number of carbonyl (C=O) groups is 1. The molecule has 2 atom stereocenters. The zero-order chi connectivity index (χ0) is 23.6. The van der Waals surface area contributed by atoms with Crippen molar-refractivity contribution in [1.82, 2.24) is 20.8 Å². The van der Waals surface area contributed by atoms with Crippen molar-refractivity contribution in [3.8, 4) is 11.5 Å². The zero-order valence-corrected chi connectivity index (χ0v) is 19.5. The SMILES string of the molecule is CC(=O)NCCc1cccnc1-c1onc([C@H]2CNCC[C@]2(O)c2ccc(F)c(F)c2)c1Br. The molecule has 3 aromatic rings. The average molecular weight is 521 g/mol. The summed E-state index contributed by atoms with van der Waals surface area (Å²) in [5, 5.41) is 21.8. The minimum Gasteiger partial charge on any atom is -0.384 e. The highest BCUT2D eigenvalue weighted by molar-refractivity contribution is 9.10. The number of carbonyl (C=O) groups excluding carboxylic acids is 1. The molecule has 0 bridgehead atoms. The summed E-state index contributed by atoms with van der Waals surface area (Å²) in [6.07, 6.45) is 2.45. The molecule has 0 spiro atoms. The molecule has 1 saturated heterocycles. The van der Waals surface area contributed by atoms with E-state index in [1.54, 1.807) is 12.3 Å². The van der Waals surface area contributed by atoms with Gasteiger partial charge in [-0.05, 0) is 64.6 Å². The fraction of sp³-hybridized carbons (Fsp3) is 0.348. The second-order valence-corrected chi connectivity index (χ2v) is 8.81. The van der Waals surface area contributed by atoms with E-state index >= 15 is 0 Å². The Kier molecular flexibility index (Phi) is 6.87. The van der Waals surface area contributed by atoms with Crippen LogP contribution in [0.5, 0.6) is 0 Å². The van der Waals surface area contributed by atoms with Crippen LogP contribution < -0.4 is 10.6 Å². The van der Waals surface area contributed by atoms with Gasteiger partial charge < -0.3 is 20.3 Å². The van der Waals surface area contributed by atoms with Crippen molar-refractivity contribution in [2.45, 2.75) is 31.3 Å². The first-order valence-electron chi connectivity index (χ1n) is 10.5. The molecule has 3 heterocycles. The van der Waals surface area contributed by atoms with Gasteiger partial charge in [-0.15, -0.1) is 0 Å². The van der Waals surface area contributed by atoms with E-state index < -0.39 is 23.2 Å². The summed E-state index contributed by atoms with van der Waals surface area (Å²) in [6.45, 7) is 2.75. The van der Waals surface area contributed by atoms with Gasteiger partial charge in [0, 0.05) is 26.2 Å². The van der Waals surface area contributed by atoms with Crippen LogP contribution in [0.4, 0.5) is 8.78 Å². The molecule has 3 N–H and O–H groups in total. The van der Waals surface area contributed by atoms with Gasteiger partial charge in [-0.2, -0.15) is 0 Å². The van der Waals surface area contributed by atoms with Crippen LogP contribution in [0.25, 0.3) is 11.5 Å². The highest BCUT2D eigenvalue weighted by Gasteiger charge is 2.45. The van der Waals surface area contributed by atoms with Crippen molar-refractivity contribution >= 4 is 21.8 Å². The largest absolute Gasteiger partial charge is 0.384 e.